The van der Waals surface area contributed by atoms with Crippen molar-refractivity contribution in [2.24, 2.45) is 5.73 Å². The van der Waals surface area contributed by atoms with Crippen molar-refractivity contribution in [3.05, 3.63) is 34.4 Å². The van der Waals surface area contributed by atoms with E-state index >= 15 is 0 Å². The molecule has 1 atom stereocenters. The van der Waals surface area contributed by atoms with E-state index in [0.29, 0.717) is 12.1 Å². The number of nitrogens with zero attached hydrogens (tertiary/aromatic N) is 1. The highest BCUT2D eigenvalue weighted by Gasteiger charge is 2.14. The average molecular weight is 306 g/mol. The lowest BCUT2D eigenvalue weighted by Crippen LogP contribution is -2.36. The largest absolute Gasteiger partial charge is 0.324 e. The molecule has 8 heteroatoms. The Morgan fingerprint density at radius 2 is 2.26 bits per heavy atom. The van der Waals surface area contributed by atoms with Crippen LogP contribution in [0.25, 0.3) is 0 Å². The second-order valence-corrected chi connectivity index (χ2v) is 4.67. The summed E-state index contributed by atoms with van der Waals surface area (Å²) < 4.78 is 0. The van der Waals surface area contributed by atoms with Crippen LogP contribution in [-0.4, -0.2) is 28.9 Å². The van der Waals surface area contributed by atoms with Gasteiger partial charge >= 0.3 is 0 Å². The molecule has 0 fully saturated rings. The minimum Gasteiger partial charge on any atom is -0.324 e. The van der Waals surface area contributed by atoms with Gasteiger partial charge in [-0.15, -0.1) is 12.4 Å². The van der Waals surface area contributed by atoms with Gasteiger partial charge in [-0.2, -0.15) is 11.8 Å². The van der Waals surface area contributed by atoms with Gasteiger partial charge in [-0.1, -0.05) is 6.07 Å². The summed E-state index contributed by atoms with van der Waals surface area (Å²) in [7, 11) is 0. The first kappa shape index (κ1) is 17.7. The van der Waals surface area contributed by atoms with E-state index in [-0.39, 0.29) is 24.0 Å². The topological polar surface area (TPSA) is 98.3 Å². The van der Waals surface area contributed by atoms with Gasteiger partial charge in [0.1, 0.15) is 0 Å². The molecule has 0 aliphatic heterocycles. The monoisotopic (exact) mass is 305 g/mol. The molecule has 0 bridgehead atoms. The molecule has 3 N–H and O–H groups in total. The Balaban J connectivity index is 0.00000324. The van der Waals surface area contributed by atoms with Gasteiger partial charge in [0.15, 0.2) is 0 Å². The number of nitrogens with one attached hydrogen (secondary N) is 1. The predicted molar refractivity (Wildman–Crippen MR) is 79.9 cm³/mol. The van der Waals surface area contributed by atoms with Gasteiger partial charge in [0.2, 0.25) is 5.91 Å². The Hall–Kier alpha value is -1.31. The molecule has 106 valence electrons. The fraction of sp³-hybridized carbons (Fsp3) is 0.364. The van der Waals surface area contributed by atoms with E-state index in [1.165, 1.54) is 18.2 Å². The second-order valence-electron chi connectivity index (χ2n) is 3.68. The Kier molecular flexibility index (Phi) is 8.13. The summed E-state index contributed by atoms with van der Waals surface area (Å²) in [5.74, 6) is 0.466. The number of halogens is 1. The fourth-order valence-corrected chi connectivity index (χ4v) is 1.80. The Morgan fingerprint density at radius 1 is 1.58 bits per heavy atom. The molecule has 6 nitrogen and oxygen atoms in total. The SMILES string of the molecule is CSCC[C@H](N)C(=O)Nc1cccc([N+](=O)[O-])c1.Cl. The molecule has 1 aromatic rings. The Labute approximate surface area is 121 Å². The Bertz CT molecular complexity index is 445. The molecule has 0 unspecified atom stereocenters. The van der Waals surface area contributed by atoms with Crippen LogP contribution in [0.1, 0.15) is 6.42 Å². The molecule has 0 saturated carbocycles. The number of benzene rings is 1. The lowest BCUT2D eigenvalue weighted by Gasteiger charge is -2.11. The van der Waals surface area contributed by atoms with Crippen LogP contribution in [0.2, 0.25) is 0 Å². The van der Waals surface area contributed by atoms with Gasteiger partial charge in [-0.25, -0.2) is 0 Å². The van der Waals surface area contributed by atoms with Crippen molar-refractivity contribution in [3.63, 3.8) is 0 Å². The molecule has 0 saturated heterocycles. The van der Waals surface area contributed by atoms with Crippen molar-refractivity contribution in [2.75, 3.05) is 17.3 Å². The van der Waals surface area contributed by atoms with Gasteiger partial charge in [-0.3, -0.25) is 14.9 Å². The quantitative estimate of drug-likeness (QED) is 0.619. The molecule has 0 heterocycles. The summed E-state index contributed by atoms with van der Waals surface area (Å²) in [6, 6.07) is 5.17. The van der Waals surface area contributed by atoms with Crippen molar-refractivity contribution in [3.8, 4) is 0 Å². The maximum atomic E-state index is 11.7. The summed E-state index contributed by atoms with van der Waals surface area (Å²) in [6.45, 7) is 0. The van der Waals surface area contributed by atoms with Crippen LogP contribution in [0, 0.1) is 10.1 Å². The van der Waals surface area contributed by atoms with Crippen molar-refractivity contribution in [2.45, 2.75) is 12.5 Å². The van der Waals surface area contributed by atoms with E-state index in [2.05, 4.69) is 5.32 Å². The van der Waals surface area contributed by atoms with E-state index in [4.69, 9.17) is 5.73 Å². The average Bonchev–Trinajstić information content (AvgIpc) is 2.36. The normalized spacial score (nSPS) is 11.3. The molecule has 1 amide bonds. The third-order valence-corrected chi connectivity index (χ3v) is 2.94. The molecule has 0 radical (unpaired) electrons. The highest BCUT2D eigenvalue weighted by molar-refractivity contribution is 7.98. The number of hydrogen-bond acceptors (Lipinski definition) is 5. The van der Waals surface area contributed by atoms with Gasteiger partial charge in [0.25, 0.3) is 5.69 Å². The number of nitro groups is 1. The van der Waals surface area contributed by atoms with Crippen molar-refractivity contribution in [1.29, 1.82) is 0 Å². The smallest absolute Gasteiger partial charge is 0.271 e. The number of nitrogens with two attached hydrogens (primary N) is 1. The zero-order chi connectivity index (χ0) is 13.5. The number of thioether (sulfide) groups is 1. The number of rotatable bonds is 6. The van der Waals surface area contributed by atoms with Gasteiger partial charge < -0.3 is 11.1 Å². The first-order valence-corrected chi connectivity index (χ1v) is 6.74. The number of anilines is 1. The molecule has 0 aliphatic rings. The highest BCUT2D eigenvalue weighted by Crippen LogP contribution is 2.17. The summed E-state index contributed by atoms with van der Waals surface area (Å²) in [5, 5.41) is 13.1. The number of carbonyl (C=O) groups excluding carboxylic acids is 1. The third kappa shape index (κ3) is 5.91. The summed E-state index contributed by atoms with van der Waals surface area (Å²) in [6.07, 6.45) is 2.51. The van der Waals surface area contributed by atoms with E-state index < -0.39 is 11.0 Å². The van der Waals surface area contributed by atoms with Gasteiger partial charge in [0.05, 0.1) is 11.0 Å². The first-order chi connectivity index (χ1) is 8.54. The lowest BCUT2D eigenvalue weighted by molar-refractivity contribution is -0.384. The molecule has 1 aromatic carbocycles. The highest BCUT2D eigenvalue weighted by atomic mass is 35.5. The minimum atomic E-state index is -0.600. The van der Waals surface area contributed by atoms with Crippen LogP contribution >= 0.6 is 24.2 Å². The molecular formula is C11H16ClN3O3S. The summed E-state index contributed by atoms with van der Waals surface area (Å²) in [4.78, 5) is 21.8. The fourth-order valence-electron chi connectivity index (χ4n) is 1.31. The number of non-ortho nitro benzene ring substituents is 1. The molecule has 0 aromatic heterocycles. The molecule has 0 aliphatic carbocycles. The van der Waals surface area contributed by atoms with Crippen molar-refractivity contribution in [1.82, 2.24) is 0 Å². The predicted octanol–water partition coefficient (Wildman–Crippen LogP) is 2.04. The zero-order valence-electron chi connectivity index (χ0n) is 10.4. The minimum absolute atomic E-state index is 0. The molecule has 19 heavy (non-hydrogen) atoms. The maximum Gasteiger partial charge on any atom is 0.271 e. The van der Waals surface area contributed by atoms with Gasteiger partial charge in [0, 0.05) is 17.8 Å². The standard InChI is InChI=1S/C11H15N3O3S.ClH/c1-18-6-5-10(12)11(15)13-8-3-2-4-9(7-8)14(16)17;/h2-4,7,10H,5-6,12H2,1H3,(H,13,15);1H/t10-;/m0./s1. The lowest BCUT2D eigenvalue weighted by atomic mass is 10.2. The molecular weight excluding hydrogens is 290 g/mol. The third-order valence-electron chi connectivity index (χ3n) is 2.29. The van der Waals surface area contributed by atoms with Crippen LogP contribution in [0.15, 0.2) is 24.3 Å². The van der Waals surface area contributed by atoms with E-state index in [1.807, 2.05) is 6.26 Å². The van der Waals surface area contributed by atoms with Crippen LogP contribution in [-0.2, 0) is 4.79 Å². The van der Waals surface area contributed by atoms with E-state index in [9.17, 15) is 14.9 Å². The van der Waals surface area contributed by atoms with Crippen molar-refractivity contribution >= 4 is 41.5 Å². The first-order valence-electron chi connectivity index (χ1n) is 5.34. The van der Waals surface area contributed by atoms with Crippen LogP contribution in [0.4, 0.5) is 11.4 Å². The summed E-state index contributed by atoms with van der Waals surface area (Å²) in [5.41, 5.74) is 6.01. The van der Waals surface area contributed by atoms with E-state index in [1.54, 1.807) is 17.8 Å². The molecule has 0 spiro atoms. The molecule has 1 rings (SSSR count). The number of nitro benzene ring substituents is 1. The summed E-state index contributed by atoms with van der Waals surface area (Å²) >= 11 is 1.61. The number of hydrogen-bond donors (Lipinski definition) is 2. The van der Waals surface area contributed by atoms with Crippen molar-refractivity contribution < 1.29 is 9.72 Å². The number of carbonyl (C=O) groups is 1. The van der Waals surface area contributed by atoms with Gasteiger partial charge in [-0.05, 0) is 24.5 Å². The zero-order valence-corrected chi connectivity index (χ0v) is 12.0. The number of amides is 1. The Morgan fingerprint density at radius 3 is 2.84 bits per heavy atom. The van der Waals surface area contributed by atoms with Crippen LogP contribution in [0.5, 0.6) is 0 Å². The van der Waals surface area contributed by atoms with E-state index in [0.717, 1.165) is 5.75 Å². The second kappa shape index (κ2) is 8.73. The van der Waals surface area contributed by atoms with Crippen LogP contribution < -0.4 is 11.1 Å². The maximum absolute atomic E-state index is 11.7. The van der Waals surface area contributed by atoms with Crippen LogP contribution in [0.3, 0.4) is 0 Å².